The Hall–Kier alpha value is -4.13. The van der Waals surface area contributed by atoms with Crippen molar-refractivity contribution in [3.63, 3.8) is 0 Å². The summed E-state index contributed by atoms with van der Waals surface area (Å²) in [5.41, 5.74) is 4.92. The van der Waals surface area contributed by atoms with Gasteiger partial charge in [0.05, 0.1) is 29.8 Å². The van der Waals surface area contributed by atoms with E-state index >= 15 is 0 Å². The van der Waals surface area contributed by atoms with Crippen LogP contribution in [0.3, 0.4) is 0 Å². The Bertz CT molecular complexity index is 1430. The highest BCUT2D eigenvalue weighted by Gasteiger charge is 2.77. The van der Waals surface area contributed by atoms with Gasteiger partial charge in [-0.1, -0.05) is 6.92 Å². The number of nitrogens with two attached hydrogens (primary N) is 2. The van der Waals surface area contributed by atoms with E-state index in [0.29, 0.717) is 0 Å². The number of nitrogens with zero attached hydrogens (tertiary/aromatic N) is 3. The van der Waals surface area contributed by atoms with Gasteiger partial charge >= 0.3 is 24.3 Å². The Kier molecular flexibility index (Phi) is 6.42. The van der Waals surface area contributed by atoms with Crippen LogP contribution in [0.5, 0.6) is 0 Å². The lowest BCUT2D eigenvalue weighted by atomic mass is 9.85. The number of ether oxygens (including phenoxy) is 1. The third-order valence-electron chi connectivity index (χ3n) is 7.79. The maximum atomic E-state index is 13.6. The molecule has 5 rings (SSSR count). The van der Waals surface area contributed by atoms with E-state index < -0.39 is 94.9 Å². The van der Waals surface area contributed by atoms with E-state index in [9.17, 15) is 50.9 Å². The van der Waals surface area contributed by atoms with Crippen molar-refractivity contribution in [3.8, 4) is 0 Å². The summed E-state index contributed by atoms with van der Waals surface area (Å²) in [5, 5.41) is 25.4. The van der Waals surface area contributed by atoms with E-state index in [1.165, 1.54) is 0 Å². The molecule has 4 aliphatic rings. The van der Waals surface area contributed by atoms with Crippen LogP contribution in [-0.4, -0.2) is 92.4 Å². The molecule has 19 heteroatoms. The Morgan fingerprint density at radius 1 is 1.19 bits per heavy atom. The summed E-state index contributed by atoms with van der Waals surface area (Å²) in [5.74, 6) is -7.46. The van der Waals surface area contributed by atoms with E-state index in [1.54, 1.807) is 6.92 Å². The summed E-state index contributed by atoms with van der Waals surface area (Å²) in [6.07, 6.45) is -12.6. The number of carbonyl (C=O) groups excluding carboxylic acids is 3. The van der Waals surface area contributed by atoms with Crippen LogP contribution in [0.4, 0.5) is 26.3 Å². The fourth-order valence-corrected chi connectivity index (χ4v) is 5.81. The molecule has 1 unspecified atom stereocenters. The molecule has 2 fully saturated rings. The van der Waals surface area contributed by atoms with Gasteiger partial charge in [0, 0.05) is 12.3 Å². The smallest absolute Gasteiger partial charge is 0.417 e. The Morgan fingerprint density at radius 2 is 1.86 bits per heavy atom. The van der Waals surface area contributed by atoms with Crippen LogP contribution in [0.25, 0.3) is 0 Å². The maximum Gasteiger partial charge on any atom is 0.417 e. The fourth-order valence-electron chi connectivity index (χ4n) is 5.81. The zero-order chi connectivity index (χ0) is 31.2. The predicted molar refractivity (Wildman–Crippen MR) is 125 cm³/mol. The summed E-state index contributed by atoms with van der Waals surface area (Å²) in [6, 6.07) is -2.28. The van der Waals surface area contributed by atoms with Crippen molar-refractivity contribution in [2.45, 2.75) is 55.3 Å². The van der Waals surface area contributed by atoms with E-state index in [1.807, 2.05) is 0 Å². The molecule has 228 valence electrons. The average molecular weight is 608 g/mol. The molecule has 42 heavy (non-hydrogen) atoms. The number of esters is 1. The predicted octanol–water partition coefficient (Wildman–Crippen LogP) is -2.60. The lowest BCUT2D eigenvalue weighted by Crippen LogP contribution is -2.90. The minimum atomic E-state index is -5.27. The number of imide groups is 1. The lowest BCUT2D eigenvalue weighted by molar-refractivity contribution is -0.522. The van der Waals surface area contributed by atoms with Gasteiger partial charge in [-0.3, -0.25) is 30.1 Å². The minimum Gasteiger partial charge on any atom is -0.451 e. The molecule has 0 bridgehead atoms. The standard InChI is InChI=1S/C23H23F6N7O6/c1-8-4-14(37)35(16(8)38)6-12-15-20(34-18(30)33-15)21(40,41)13(7-36(20)19(31)32-12)42-17(39)10-5-9(22(24,25)26)2-3-11(10)23(27,28)29/h2-3,5,8,12-13,15,40-41H,4,6-7H2,1H3,(H2,31,32)(H3,30,33,34)/p+1/t8?,12-,13-,15-,20-/m0/s1. The molecule has 5 atom stereocenters. The number of aliphatic imine (C=N–C) groups is 1. The molecule has 4 heterocycles. The highest BCUT2D eigenvalue weighted by Crippen LogP contribution is 2.44. The first-order valence-electron chi connectivity index (χ1n) is 12.4. The summed E-state index contributed by atoms with van der Waals surface area (Å²) in [4.78, 5) is 46.7. The zero-order valence-electron chi connectivity index (χ0n) is 21.5. The number of hydrogen-bond acceptors (Lipinski definition) is 11. The minimum absolute atomic E-state index is 0.0526. The molecule has 2 saturated heterocycles. The number of rotatable bonds is 4. The number of alkyl halides is 6. The largest absolute Gasteiger partial charge is 0.451 e. The topological polar surface area (TPSA) is 198 Å². The molecule has 8 N–H and O–H groups in total. The number of hydrogen-bond donors (Lipinski definition) is 6. The molecule has 1 aromatic carbocycles. The van der Waals surface area contributed by atoms with Gasteiger partial charge in [-0.15, -0.1) is 0 Å². The van der Waals surface area contributed by atoms with E-state index in [4.69, 9.17) is 16.2 Å². The molecule has 0 aromatic heterocycles. The van der Waals surface area contributed by atoms with Crippen LogP contribution in [0.1, 0.15) is 34.8 Å². The summed E-state index contributed by atoms with van der Waals surface area (Å²) < 4.78 is 85.5. The van der Waals surface area contributed by atoms with Crippen molar-refractivity contribution in [3.05, 3.63) is 34.9 Å². The van der Waals surface area contributed by atoms with Crippen LogP contribution >= 0.6 is 0 Å². The Labute approximate surface area is 231 Å². The summed E-state index contributed by atoms with van der Waals surface area (Å²) in [7, 11) is 0. The number of benzene rings is 1. The second-order valence-electron chi connectivity index (χ2n) is 10.4. The van der Waals surface area contributed by atoms with Gasteiger partial charge in [0.15, 0.2) is 18.1 Å². The normalized spacial score (nSPS) is 30.5. The van der Waals surface area contributed by atoms with Crippen molar-refractivity contribution < 1.29 is 60.7 Å². The van der Waals surface area contributed by atoms with Crippen LogP contribution in [0.15, 0.2) is 23.2 Å². The first kappa shape index (κ1) is 29.4. The second kappa shape index (κ2) is 9.18. The van der Waals surface area contributed by atoms with Crippen LogP contribution < -0.4 is 21.8 Å². The van der Waals surface area contributed by atoms with Crippen molar-refractivity contribution in [2.75, 3.05) is 13.1 Å². The second-order valence-corrected chi connectivity index (χ2v) is 10.4. The van der Waals surface area contributed by atoms with Crippen LogP contribution in [0, 0.1) is 5.92 Å². The monoisotopic (exact) mass is 608 g/mol. The molecule has 0 aliphatic carbocycles. The van der Waals surface area contributed by atoms with E-state index in [-0.39, 0.29) is 37.1 Å². The molecule has 1 aromatic rings. The summed E-state index contributed by atoms with van der Waals surface area (Å²) >= 11 is 0. The average Bonchev–Trinajstić information content (AvgIpc) is 3.43. The van der Waals surface area contributed by atoms with Crippen molar-refractivity contribution in [1.29, 1.82) is 0 Å². The lowest BCUT2D eigenvalue weighted by Gasteiger charge is -2.46. The number of amides is 2. The quantitative estimate of drug-likeness (QED) is 0.0913. The molecule has 0 saturated carbocycles. The van der Waals surface area contributed by atoms with Gasteiger partial charge in [-0.25, -0.2) is 15.1 Å². The number of halogens is 6. The van der Waals surface area contributed by atoms with E-state index in [2.05, 4.69) is 15.3 Å². The van der Waals surface area contributed by atoms with Gasteiger partial charge in [0.2, 0.25) is 11.8 Å². The van der Waals surface area contributed by atoms with Crippen molar-refractivity contribution >= 4 is 29.7 Å². The van der Waals surface area contributed by atoms with Crippen molar-refractivity contribution in [1.82, 2.24) is 15.1 Å². The van der Waals surface area contributed by atoms with Crippen LogP contribution in [0.2, 0.25) is 0 Å². The first-order valence-corrected chi connectivity index (χ1v) is 12.4. The van der Waals surface area contributed by atoms with Gasteiger partial charge in [-0.05, 0) is 18.2 Å². The SMILES string of the molecule is CC1CC(=O)N(C[C@@H]2N=C(N)N3C[C@H](OC(=O)c4cc(C(F)(F)F)ccc4C(F)(F)F)C(O)(O)[C@@]34NC(N)=[NH+][C@@H]24)C1=O. The highest BCUT2D eigenvalue weighted by molar-refractivity contribution is 6.03. The zero-order valence-corrected chi connectivity index (χ0v) is 21.5. The number of guanidine groups is 2. The third kappa shape index (κ3) is 4.29. The molecule has 13 nitrogen and oxygen atoms in total. The Balaban J connectivity index is 1.49. The van der Waals surface area contributed by atoms with E-state index in [0.717, 1.165) is 9.80 Å². The fraction of sp³-hybridized carbons (Fsp3) is 0.522. The molecule has 2 amide bonds. The molecular weight excluding hydrogens is 584 g/mol. The molecule has 0 radical (unpaired) electrons. The number of aliphatic hydroxyl groups is 2. The van der Waals surface area contributed by atoms with Gasteiger partial charge in [0.25, 0.3) is 11.4 Å². The Morgan fingerprint density at radius 3 is 2.43 bits per heavy atom. The number of carbonyl (C=O) groups is 3. The molecule has 4 aliphatic heterocycles. The molecular formula is C23H24F6N7O6+. The maximum absolute atomic E-state index is 13.6. The van der Waals surface area contributed by atoms with Gasteiger partial charge in [-0.2, -0.15) is 26.3 Å². The third-order valence-corrected chi connectivity index (χ3v) is 7.79. The van der Waals surface area contributed by atoms with Crippen molar-refractivity contribution in [2.24, 2.45) is 22.4 Å². The first-order chi connectivity index (χ1) is 19.3. The number of nitrogens with one attached hydrogen (secondary N) is 2. The van der Waals surface area contributed by atoms with Gasteiger partial charge in [0.1, 0.15) is 6.04 Å². The van der Waals surface area contributed by atoms with Crippen LogP contribution in [-0.2, 0) is 26.7 Å². The van der Waals surface area contributed by atoms with Gasteiger partial charge < -0.3 is 20.7 Å². The number of likely N-dealkylation sites (tertiary alicyclic amines) is 1. The highest BCUT2D eigenvalue weighted by atomic mass is 19.4. The molecule has 1 spiro atoms. The summed E-state index contributed by atoms with van der Waals surface area (Å²) in [6.45, 7) is 0.461.